The van der Waals surface area contributed by atoms with Crippen molar-refractivity contribution in [3.05, 3.63) is 127 Å². The minimum atomic E-state index is 0.687. The molecule has 0 saturated heterocycles. The highest BCUT2D eigenvalue weighted by Gasteiger charge is 2.21. The summed E-state index contributed by atoms with van der Waals surface area (Å²) in [7, 11) is 0. The van der Waals surface area contributed by atoms with Crippen molar-refractivity contribution in [2.45, 2.75) is 0 Å². The Balaban J connectivity index is 1.50. The molecule has 5 aromatic carbocycles. The van der Waals surface area contributed by atoms with E-state index in [9.17, 15) is 0 Å². The number of hydrogen-bond acceptors (Lipinski definition) is 3. The molecule has 4 heteroatoms. The number of fused-ring (bicyclic) bond motifs is 6. The molecular formula is C34H21N3O. The summed E-state index contributed by atoms with van der Waals surface area (Å²) in [5.41, 5.74) is 8.47. The Bertz CT molecular complexity index is 2110. The van der Waals surface area contributed by atoms with Crippen molar-refractivity contribution in [2.75, 3.05) is 0 Å². The van der Waals surface area contributed by atoms with Gasteiger partial charge >= 0.3 is 0 Å². The second kappa shape index (κ2) is 8.15. The van der Waals surface area contributed by atoms with Crippen LogP contribution in [0.25, 0.3) is 72.2 Å². The summed E-state index contributed by atoms with van der Waals surface area (Å²) in [4.78, 5) is 10.1. The van der Waals surface area contributed by atoms with Crippen molar-refractivity contribution in [3.63, 3.8) is 0 Å². The first-order chi connectivity index (χ1) is 18.8. The van der Waals surface area contributed by atoms with Crippen LogP contribution in [-0.2, 0) is 0 Å². The summed E-state index contributed by atoms with van der Waals surface area (Å²) >= 11 is 0. The third-order valence-electron chi connectivity index (χ3n) is 7.20. The van der Waals surface area contributed by atoms with Crippen molar-refractivity contribution >= 4 is 43.9 Å². The second-order valence-corrected chi connectivity index (χ2v) is 9.46. The number of aromatic nitrogens is 3. The molecule has 0 spiro atoms. The van der Waals surface area contributed by atoms with Crippen LogP contribution in [-0.4, -0.2) is 14.5 Å². The number of benzene rings is 5. The van der Waals surface area contributed by atoms with Crippen LogP contribution in [0.15, 0.2) is 132 Å². The van der Waals surface area contributed by atoms with E-state index in [1.54, 1.807) is 0 Å². The monoisotopic (exact) mass is 487 g/mol. The molecule has 0 N–H and O–H groups in total. The number of furan rings is 1. The van der Waals surface area contributed by atoms with Crippen LogP contribution >= 0.6 is 0 Å². The van der Waals surface area contributed by atoms with E-state index in [0.717, 1.165) is 50.0 Å². The molecule has 0 atom stereocenters. The first kappa shape index (κ1) is 20.9. The maximum atomic E-state index is 6.59. The number of rotatable bonds is 3. The van der Waals surface area contributed by atoms with Gasteiger partial charge in [-0.3, -0.25) is 0 Å². The molecule has 0 aliphatic carbocycles. The molecule has 3 aromatic heterocycles. The van der Waals surface area contributed by atoms with E-state index in [4.69, 9.17) is 14.4 Å². The van der Waals surface area contributed by atoms with Crippen LogP contribution in [0.4, 0.5) is 0 Å². The molecule has 0 aliphatic heterocycles. The molecule has 178 valence electrons. The maximum Gasteiger partial charge on any atom is 0.180 e. The smallest absolute Gasteiger partial charge is 0.180 e. The second-order valence-electron chi connectivity index (χ2n) is 9.46. The van der Waals surface area contributed by atoms with Crippen LogP contribution in [0.3, 0.4) is 0 Å². The van der Waals surface area contributed by atoms with E-state index >= 15 is 0 Å². The molecule has 0 aliphatic rings. The van der Waals surface area contributed by atoms with E-state index in [1.807, 2.05) is 54.6 Å². The molecule has 3 heterocycles. The lowest BCUT2D eigenvalue weighted by atomic mass is 10.1. The van der Waals surface area contributed by atoms with Crippen molar-refractivity contribution in [1.29, 1.82) is 0 Å². The van der Waals surface area contributed by atoms with E-state index in [1.165, 1.54) is 10.8 Å². The number of para-hydroxylation sites is 2. The van der Waals surface area contributed by atoms with Gasteiger partial charge in [0.2, 0.25) is 0 Å². The van der Waals surface area contributed by atoms with E-state index < -0.39 is 0 Å². The Kier molecular flexibility index (Phi) is 4.49. The molecule has 0 unspecified atom stereocenters. The fraction of sp³-hybridized carbons (Fsp3) is 0. The average Bonchev–Trinajstić information content (AvgIpc) is 3.51. The lowest BCUT2D eigenvalue weighted by molar-refractivity contribution is 0.667. The molecule has 0 fully saturated rings. The Labute approximate surface area is 218 Å². The third kappa shape index (κ3) is 3.10. The zero-order valence-electron chi connectivity index (χ0n) is 20.4. The van der Waals surface area contributed by atoms with Gasteiger partial charge in [-0.25, -0.2) is 9.97 Å². The topological polar surface area (TPSA) is 43.9 Å². The van der Waals surface area contributed by atoms with Gasteiger partial charge < -0.3 is 8.98 Å². The fourth-order valence-corrected chi connectivity index (χ4v) is 5.47. The van der Waals surface area contributed by atoms with Gasteiger partial charge in [0, 0.05) is 39.0 Å². The van der Waals surface area contributed by atoms with Gasteiger partial charge in [0.25, 0.3) is 0 Å². The lowest BCUT2D eigenvalue weighted by Gasteiger charge is -2.07. The normalized spacial score (nSPS) is 11.7. The molecule has 0 radical (unpaired) electrons. The molecular weight excluding hydrogens is 466 g/mol. The zero-order chi connectivity index (χ0) is 25.1. The van der Waals surface area contributed by atoms with Crippen LogP contribution in [0.5, 0.6) is 0 Å². The first-order valence-electron chi connectivity index (χ1n) is 12.7. The average molecular weight is 488 g/mol. The molecule has 0 saturated carbocycles. The molecule has 0 bridgehead atoms. The quantitative estimate of drug-likeness (QED) is 0.250. The van der Waals surface area contributed by atoms with Crippen LogP contribution < -0.4 is 0 Å². The van der Waals surface area contributed by atoms with Crippen LogP contribution in [0.2, 0.25) is 0 Å². The predicted molar refractivity (Wildman–Crippen MR) is 155 cm³/mol. The van der Waals surface area contributed by atoms with Crippen molar-refractivity contribution in [1.82, 2.24) is 14.5 Å². The van der Waals surface area contributed by atoms with Crippen molar-refractivity contribution in [3.8, 4) is 28.3 Å². The summed E-state index contributed by atoms with van der Waals surface area (Å²) in [6, 6.07) is 43.7. The van der Waals surface area contributed by atoms with Gasteiger partial charge in [-0.05, 0) is 24.3 Å². The zero-order valence-corrected chi connectivity index (χ0v) is 20.4. The number of nitrogens with zero attached hydrogens (tertiary/aromatic N) is 3. The van der Waals surface area contributed by atoms with Gasteiger partial charge in [-0.2, -0.15) is 0 Å². The summed E-state index contributed by atoms with van der Waals surface area (Å²) in [6.45, 7) is 0. The SMILES string of the molecule is c1ccc(-c2nc(-c3ccccc3)c3oc4cc5c(cc4c3n2)c2ccccc2n5-c2ccccc2)cc1. The maximum absolute atomic E-state index is 6.59. The van der Waals surface area contributed by atoms with Crippen molar-refractivity contribution < 1.29 is 4.42 Å². The predicted octanol–water partition coefficient (Wildman–Crippen LogP) is 8.81. The van der Waals surface area contributed by atoms with E-state index in [0.29, 0.717) is 11.4 Å². The lowest BCUT2D eigenvalue weighted by Crippen LogP contribution is -1.93. The highest BCUT2D eigenvalue weighted by molar-refractivity contribution is 6.17. The van der Waals surface area contributed by atoms with Gasteiger partial charge in [0.1, 0.15) is 16.8 Å². The Morgan fingerprint density at radius 3 is 1.95 bits per heavy atom. The van der Waals surface area contributed by atoms with Crippen molar-refractivity contribution in [2.24, 2.45) is 0 Å². The summed E-state index contributed by atoms with van der Waals surface area (Å²) < 4.78 is 8.89. The summed E-state index contributed by atoms with van der Waals surface area (Å²) in [5, 5.41) is 3.35. The standard InChI is InChI=1S/C34H21N3O/c1-4-12-22(13-5-1)31-33-32(36-34(35-31)23-14-6-2-7-15-23)27-20-26-25-18-10-11-19-28(25)37(24-16-8-3-9-17-24)29(26)21-30(27)38-33/h1-21H. The number of hydrogen-bond donors (Lipinski definition) is 0. The van der Waals surface area contributed by atoms with E-state index in [-0.39, 0.29) is 0 Å². The van der Waals surface area contributed by atoms with E-state index in [2.05, 4.69) is 77.4 Å². The summed E-state index contributed by atoms with van der Waals surface area (Å²) in [6.07, 6.45) is 0. The fourth-order valence-electron chi connectivity index (χ4n) is 5.47. The minimum Gasteiger partial charge on any atom is -0.452 e. The highest BCUT2D eigenvalue weighted by Crippen LogP contribution is 2.40. The Morgan fingerprint density at radius 2 is 1.18 bits per heavy atom. The summed E-state index contributed by atoms with van der Waals surface area (Å²) in [5.74, 6) is 0.687. The van der Waals surface area contributed by atoms with Gasteiger partial charge in [-0.15, -0.1) is 0 Å². The van der Waals surface area contributed by atoms with Gasteiger partial charge in [0.15, 0.2) is 11.4 Å². The third-order valence-corrected chi connectivity index (χ3v) is 7.20. The van der Waals surface area contributed by atoms with Crippen LogP contribution in [0.1, 0.15) is 0 Å². The highest BCUT2D eigenvalue weighted by atomic mass is 16.3. The largest absolute Gasteiger partial charge is 0.452 e. The van der Waals surface area contributed by atoms with Gasteiger partial charge in [-0.1, -0.05) is 97.1 Å². The first-order valence-corrected chi connectivity index (χ1v) is 12.7. The van der Waals surface area contributed by atoms with Crippen LogP contribution in [0, 0.1) is 0 Å². The molecule has 8 aromatic rings. The molecule has 4 nitrogen and oxygen atoms in total. The molecule has 38 heavy (non-hydrogen) atoms. The Hall–Kier alpha value is -5.22. The van der Waals surface area contributed by atoms with Gasteiger partial charge in [0.05, 0.1) is 11.0 Å². The molecule has 8 rings (SSSR count). The minimum absolute atomic E-state index is 0.687. The Morgan fingerprint density at radius 1 is 0.526 bits per heavy atom. The molecule has 0 amide bonds.